The second-order valence-corrected chi connectivity index (χ2v) is 4.62. The quantitative estimate of drug-likeness (QED) is 0.911. The summed E-state index contributed by atoms with van der Waals surface area (Å²) in [6, 6.07) is 6.97. The molecule has 1 unspecified atom stereocenters. The van der Waals surface area contributed by atoms with Gasteiger partial charge in [0.05, 0.1) is 12.8 Å². The molecule has 5 heteroatoms. The number of aromatic nitrogens is 2. The van der Waals surface area contributed by atoms with Crippen LogP contribution in [0.1, 0.15) is 25.5 Å². The number of benzene rings is 1. The molecule has 1 atom stereocenters. The summed E-state index contributed by atoms with van der Waals surface area (Å²) >= 11 is 0. The lowest BCUT2D eigenvalue weighted by atomic mass is 10.2. The molecule has 0 aliphatic rings. The monoisotopic (exact) mass is 273 g/mol. The maximum absolute atomic E-state index is 12.1. The first-order valence-corrected chi connectivity index (χ1v) is 6.64. The predicted molar refractivity (Wildman–Crippen MR) is 77.9 cm³/mol. The molecule has 0 saturated heterocycles. The van der Waals surface area contributed by atoms with E-state index in [2.05, 4.69) is 10.4 Å². The van der Waals surface area contributed by atoms with E-state index in [0.29, 0.717) is 6.61 Å². The number of carbonyl (C=O) groups excluding carboxylic acids is 1. The minimum absolute atomic E-state index is 0.0998. The van der Waals surface area contributed by atoms with Crippen molar-refractivity contribution in [3.63, 3.8) is 0 Å². The molecule has 0 bridgehead atoms. The van der Waals surface area contributed by atoms with Gasteiger partial charge in [-0.1, -0.05) is 0 Å². The van der Waals surface area contributed by atoms with Crippen LogP contribution in [0.15, 0.2) is 36.7 Å². The third-order valence-electron chi connectivity index (χ3n) is 2.94. The standard InChI is InChI=1S/C15H19N3O2/c1-4-20-14-7-5-13(6-8-14)17-15(19)12(3)18-10-11(2)9-16-18/h5-10,12H,4H2,1-3H3,(H,17,19). The summed E-state index contributed by atoms with van der Waals surface area (Å²) < 4.78 is 7.01. The second kappa shape index (κ2) is 6.23. The fourth-order valence-electron chi connectivity index (χ4n) is 1.81. The molecule has 2 rings (SSSR count). The van der Waals surface area contributed by atoms with Crippen LogP contribution in [0.5, 0.6) is 5.75 Å². The first kappa shape index (κ1) is 14.1. The molecule has 1 aromatic heterocycles. The molecule has 106 valence electrons. The van der Waals surface area contributed by atoms with Crippen LogP contribution in [-0.4, -0.2) is 22.3 Å². The molecule has 20 heavy (non-hydrogen) atoms. The van der Waals surface area contributed by atoms with E-state index in [1.165, 1.54) is 0 Å². The van der Waals surface area contributed by atoms with Crippen LogP contribution in [0.4, 0.5) is 5.69 Å². The van der Waals surface area contributed by atoms with Crippen LogP contribution < -0.4 is 10.1 Å². The van der Waals surface area contributed by atoms with Crippen molar-refractivity contribution in [2.75, 3.05) is 11.9 Å². The highest BCUT2D eigenvalue weighted by atomic mass is 16.5. The SMILES string of the molecule is CCOc1ccc(NC(=O)C(C)n2cc(C)cn2)cc1. The Kier molecular flexibility index (Phi) is 4.40. The third-order valence-corrected chi connectivity index (χ3v) is 2.94. The van der Waals surface area contributed by atoms with Crippen molar-refractivity contribution in [1.29, 1.82) is 0 Å². The van der Waals surface area contributed by atoms with Gasteiger partial charge in [0, 0.05) is 11.9 Å². The highest BCUT2D eigenvalue weighted by Gasteiger charge is 2.15. The van der Waals surface area contributed by atoms with Gasteiger partial charge in [-0.05, 0) is 50.6 Å². The average molecular weight is 273 g/mol. The Hall–Kier alpha value is -2.30. The molecule has 0 fully saturated rings. The Morgan fingerprint density at radius 1 is 1.40 bits per heavy atom. The normalized spacial score (nSPS) is 11.9. The van der Waals surface area contributed by atoms with Crippen molar-refractivity contribution in [1.82, 2.24) is 9.78 Å². The van der Waals surface area contributed by atoms with Gasteiger partial charge < -0.3 is 10.1 Å². The molecular formula is C15H19N3O2. The van der Waals surface area contributed by atoms with E-state index in [-0.39, 0.29) is 11.9 Å². The summed E-state index contributed by atoms with van der Waals surface area (Å²) in [6.07, 6.45) is 3.59. The van der Waals surface area contributed by atoms with Crippen LogP contribution in [0.3, 0.4) is 0 Å². The van der Waals surface area contributed by atoms with Gasteiger partial charge in [0.15, 0.2) is 0 Å². The zero-order valence-corrected chi connectivity index (χ0v) is 12.0. The molecule has 1 N–H and O–H groups in total. The van der Waals surface area contributed by atoms with Crippen LogP contribution in [-0.2, 0) is 4.79 Å². The lowest BCUT2D eigenvalue weighted by molar-refractivity contribution is -0.119. The van der Waals surface area contributed by atoms with E-state index in [0.717, 1.165) is 17.0 Å². The Labute approximate surface area is 118 Å². The summed E-state index contributed by atoms with van der Waals surface area (Å²) in [6.45, 7) is 6.32. The average Bonchev–Trinajstić information content (AvgIpc) is 2.87. The first-order valence-electron chi connectivity index (χ1n) is 6.64. The number of aryl methyl sites for hydroxylation is 1. The Morgan fingerprint density at radius 3 is 2.65 bits per heavy atom. The van der Waals surface area contributed by atoms with Crippen LogP contribution in [0.25, 0.3) is 0 Å². The maximum atomic E-state index is 12.1. The van der Waals surface area contributed by atoms with Gasteiger partial charge in [-0.3, -0.25) is 9.48 Å². The van der Waals surface area contributed by atoms with Crippen molar-refractivity contribution in [3.8, 4) is 5.75 Å². The van der Waals surface area contributed by atoms with Crippen molar-refractivity contribution in [2.24, 2.45) is 0 Å². The molecule has 1 amide bonds. The molecule has 0 aliphatic heterocycles. The lowest BCUT2D eigenvalue weighted by Crippen LogP contribution is -2.23. The first-order chi connectivity index (χ1) is 9.60. The molecule has 1 aromatic carbocycles. The minimum Gasteiger partial charge on any atom is -0.494 e. The molecule has 0 radical (unpaired) electrons. The number of nitrogens with zero attached hydrogens (tertiary/aromatic N) is 2. The van der Waals surface area contributed by atoms with Crippen molar-refractivity contribution >= 4 is 11.6 Å². The Balaban J connectivity index is 2.00. The molecular weight excluding hydrogens is 254 g/mol. The largest absolute Gasteiger partial charge is 0.494 e. The van der Waals surface area contributed by atoms with Gasteiger partial charge in [0.1, 0.15) is 11.8 Å². The Bertz CT molecular complexity index is 575. The summed E-state index contributed by atoms with van der Waals surface area (Å²) in [5.41, 5.74) is 1.78. The lowest BCUT2D eigenvalue weighted by Gasteiger charge is -2.13. The van der Waals surface area contributed by atoms with E-state index in [9.17, 15) is 4.79 Å². The second-order valence-electron chi connectivity index (χ2n) is 4.62. The van der Waals surface area contributed by atoms with Crippen molar-refractivity contribution in [2.45, 2.75) is 26.8 Å². The highest BCUT2D eigenvalue weighted by Crippen LogP contribution is 2.17. The number of hydrogen-bond acceptors (Lipinski definition) is 3. The third kappa shape index (κ3) is 3.38. The van der Waals surface area contributed by atoms with Crippen molar-refractivity contribution < 1.29 is 9.53 Å². The topological polar surface area (TPSA) is 56.1 Å². The van der Waals surface area contributed by atoms with Gasteiger partial charge in [0.25, 0.3) is 0 Å². The summed E-state index contributed by atoms with van der Waals surface area (Å²) in [5.74, 6) is 0.693. The molecule has 5 nitrogen and oxygen atoms in total. The van der Waals surface area contributed by atoms with E-state index in [4.69, 9.17) is 4.74 Å². The van der Waals surface area contributed by atoms with E-state index in [1.54, 1.807) is 10.9 Å². The number of rotatable bonds is 5. The summed E-state index contributed by atoms with van der Waals surface area (Å²) in [7, 11) is 0. The van der Waals surface area contributed by atoms with Gasteiger partial charge in [-0.25, -0.2) is 0 Å². The highest BCUT2D eigenvalue weighted by molar-refractivity contribution is 5.93. The fraction of sp³-hybridized carbons (Fsp3) is 0.333. The van der Waals surface area contributed by atoms with Crippen LogP contribution in [0, 0.1) is 6.92 Å². The minimum atomic E-state index is -0.352. The van der Waals surface area contributed by atoms with Gasteiger partial charge in [-0.15, -0.1) is 0 Å². The smallest absolute Gasteiger partial charge is 0.248 e. The maximum Gasteiger partial charge on any atom is 0.248 e. The zero-order valence-electron chi connectivity index (χ0n) is 12.0. The molecule has 0 aliphatic carbocycles. The number of ether oxygens (including phenoxy) is 1. The van der Waals surface area contributed by atoms with Gasteiger partial charge >= 0.3 is 0 Å². The summed E-state index contributed by atoms with van der Waals surface area (Å²) in [5, 5.41) is 7.02. The summed E-state index contributed by atoms with van der Waals surface area (Å²) in [4.78, 5) is 12.1. The van der Waals surface area contributed by atoms with Crippen molar-refractivity contribution in [3.05, 3.63) is 42.2 Å². The number of carbonyl (C=O) groups is 1. The number of anilines is 1. The van der Waals surface area contributed by atoms with Crippen LogP contribution in [0.2, 0.25) is 0 Å². The fourth-order valence-corrected chi connectivity index (χ4v) is 1.81. The molecule has 0 spiro atoms. The predicted octanol–water partition coefficient (Wildman–Crippen LogP) is 2.79. The molecule has 1 heterocycles. The molecule has 0 saturated carbocycles. The van der Waals surface area contributed by atoms with Crippen LogP contribution >= 0.6 is 0 Å². The van der Waals surface area contributed by atoms with E-state index < -0.39 is 0 Å². The van der Waals surface area contributed by atoms with E-state index in [1.807, 2.05) is 51.2 Å². The molecule has 2 aromatic rings. The Morgan fingerprint density at radius 2 is 2.10 bits per heavy atom. The van der Waals surface area contributed by atoms with E-state index >= 15 is 0 Å². The number of nitrogens with one attached hydrogen (secondary N) is 1. The number of hydrogen-bond donors (Lipinski definition) is 1. The van der Waals surface area contributed by atoms with Gasteiger partial charge in [0.2, 0.25) is 5.91 Å². The number of amides is 1. The zero-order chi connectivity index (χ0) is 14.5. The van der Waals surface area contributed by atoms with Gasteiger partial charge in [-0.2, -0.15) is 5.10 Å².